The monoisotopic (exact) mass is 432 g/mol. The summed E-state index contributed by atoms with van der Waals surface area (Å²) in [5, 5.41) is 1.25. The van der Waals surface area contributed by atoms with Crippen LogP contribution in [-0.2, 0) is 13.0 Å². The first-order chi connectivity index (χ1) is 14.4. The average Bonchev–Trinajstić information content (AvgIpc) is 3.00. The predicted octanol–water partition coefficient (Wildman–Crippen LogP) is 8.26. The van der Waals surface area contributed by atoms with E-state index >= 15 is 0 Å². The Bertz CT molecular complexity index is 1150. The van der Waals surface area contributed by atoms with E-state index in [0.717, 1.165) is 51.1 Å². The molecule has 0 bridgehead atoms. The quantitative estimate of drug-likeness (QED) is 0.394. The van der Waals surface area contributed by atoms with Crippen molar-refractivity contribution in [1.82, 2.24) is 0 Å². The van der Waals surface area contributed by atoms with Crippen LogP contribution in [0.1, 0.15) is 34.7 Å². The molecule has 0 fully saturated rings. The van der Waals surface area contributed by atoms with Crippen molar-refractivity contribution in [2.75, 3.05) is 0 Å². The number of hydrogen-bond acceptors (Lipinski definition) is 1. The third-order valence-electron chi connectivity index (χ3n) is 5.25. The van der Waals surface area contributed by atoms with Crippen LogP contribution in [-0.4, -0.2) is 0 Å². The lowest BCUT2D eigenvalue weighted by atomic mass is 10.0. The van der Waals surface area contributed by atoms with Crippen LogP contribution in [0.5, 0.6) is 5.75 Å². The fraction of sp³-hybridized carbons (Fsp3) is 0.111. The van der Waals surface area contributed by atoms with Crippen molar-refractivity contribution in [3.63, 3.8) is 0 Å². The van der Waals surface area contributed by atoms with Crippen LogP contribution < -0.4 is 4.74 Å². The molecule has 0 spiro atoms. The second-order valence-corrected chi connectivity index (χ2v) is 8.49. The molecule has 0 N–H and O–H groups in total. The van der Waals surface area contributed by atoms with Gasteiger partial charge in [0.2, 0.25) is 0 Å². The van der Waals surface area contributed by atoms with Gasteiger partial charge in [-0.2, -0.15) is 0 Å². The Labute approximate surface area is 187 Å². The molecule has 150 valence electrons. The summed E-state index contributed by atoms with van der Waals surface area (Å²) in [5.74, 6) is 0.859. The zero-order valence-electron chi connectivity index (χ0n) is 16.8. The Hall–Kier alpha value is -2.74. The molecule has 1 aliphatic carbocycles. The summed E-state index contributed by atoms with van der Waals surface area (Å²) in [6, 6.07) is 20.1. The van der Waals surface area contributed by atoms with Gasteiger partial charge in [0, 0.05) is 10.0 Å². The van der Waals surface area contributed by atoms with E-state index in [9.17, 15) is 0 Å². The van der Waals surface area contributed by atoms with E-state index in [0.29, 0.717) is 16.7 Å². The van der Waals surface area contributed by atoms with E-state index < -0.39 is 0 Å². The first kappa shape index (κ1) is 20.5. The van der Waals surface area contributed by atoms with Crippen molar-refractivity contribution in [3.05, 3.63) is 117 Å². The SMILES string of the molecule is C=C(C)c1ccc(COc2ccc3c(c2)C/C(=C\c2cc(Cl)cc(Cl)c2)C3=C)cc1. The maximum absolute atomic E-state index is 6.13. The lowest BCUT2D eigenvalue weighted by Gasteiger charge is -2.09. The molecule has 0 radical (unpaired) electrons. The molecule has 3 aromatic rings. The van der Waals surface area contributed by atoms with Crippen molar-refractivity contribution < 1.29 is 4.74 Å². The number of rotatable bonds is 5. The first-order valence-corrected chi connectivity index (χ1v) is 10.5. The molecule has 0 heterocycles. The maximum atomic E-state index is 6.13. The Morgan fingerprint density at radius 3 is 2.37 bits per heavy atom. The Morgan fingerprint density at radius 2 is 1.70 bits per heavy atom. The zero-order valence-corrected chi connectivity index (χ0v) is 18.4. The highest BCUT2D eigenvalue weighted by molar-refractivity contribution is 6.34. The highest BCUT2D eigenvalue weighted by atomic mass is 35.5. The molecule has 1 nitrogen and oxygen atoms in total. The number of hydrogen-bond donors (Lipinski definition) is 0. The Balaban J connectivity index is 1.49. The molecule has 3 aromatic carbocycles. The minimum absolute atomic E-state index is 0.528. The minimum atomic E-state index is 0.528. The number of allylic oxidation sites excluding steroid dienone is 3. The summed E-state index contributed by atoms with van der Waals surface area (Å²) < 4.78 is 6.03. The fourth-order valence-electron chi connectivity index (χ4n) is 3.64. The van der Waals surface area contributed by atoms with Gasteiger partial charge in [-0.05, 0) is 82.6 Å². The van der Waals surface area contributed by atoms with E-state index in [1.807, 2.05) is 25.1 Å². The van der Waals surface area contributed by atoms with Crippen LogP contribution in [0, 0.1) is 0 Å². The van der Waals surface area contributed by atoms with Crippen LogP contribution in [0.2, 0.25) is 10.0 Å². The topological polar surface area (TPSA) is 9.23 Å². The molecule has 0 saturated heterocycles. The van der Waals surface area contributed by atoms with E-state index in [2.05, 4.69) is 55.6 Å². The molecular weight excluding hydrogens is 411 g/mol. The number of fused-ring (bicyclic) bond motifs is 1. The summed E-state index contributed by atoms with van der Waals surface area (Å²) in [7, 11) is 0. The third-order valence-corrected chi connectivity index (χ3v) is 5.68. The lowest BCUT2D eigenvalue weighted by molar-refractivity contribution is 0.306. The van der Waals surface area contributed by atoms with Gasteiger partial charge in [0.25, 0.3) is 0 Å². The lowest BCUT2D eigenvalue weighted by Crippen LogP contribution is -1.96. The van der Waals surface area contributed by atoms with E-state index in [4.69, 9.17) is 27.9 Å². The molecule has 0 atom stereocenters. The van der Waals surface area contributed by atoms with E-state index in [1.165, 1.54) is 5.56 Å². The predicted molar refractivity (Wildman–Crippen MR) is 129 cm³/mol. The number of halogens is 2. The Morgan fingerprint density at radius 1 is 1.00 bits per heavy atom. The van der Waals surface area contributed by atoms with Gasteiger partial charge >= 0.3 is 0 Å². The van der Waals surface area contributed by atoms with E-state index in [1.54, 1.807) is 6.07 Å². The second kappa shape index (κ2) is 8.55. The van der Waals surface area contributed by atoms with Gasteiger partial charge in [-0.3, -0.25) is 0 Å². The van der Waals surface area contributed by atoms with Crippen molar-refractivity contribution in [1.29, 1.82) is 0 Å². The van der Waals surface area contributed by atoms with Gasteiger partial charge in [-0.15, -0.1) is 0 Å². The Kier molecular flexibility index (Phi) is 5.85. The minimum Gasteiger partial charge on any atom is -0.489 e. The van der Waals surface area contributed by atoms with Gasteiger partial charge in [0.05, 0.1) is 0 Å². The molecular formula is C27H22Cl2O. The van der Waals surface area contributed by atoms with Gasteiger partial charge in [0.1, 0.15) is 12.4 Å². The molecule has 0 amide bonds. The van der Waals surface area contributed by atoms with Crippen molar-refractivity contribution in [2.24, 2.45) is 0 Å². The molecule has 4 rings (SSSR count). The summed E-state index contributed by atoms with van der Waals surface area (Å²) in [4.78, 5) is 0. The summed E-state index contributed by atoms with van der Waals surface area (Å²) in [6.07, 6.45) is 2.91. The first-order valence-electron chi connectivity index (χ1n) is 9.76. The van der Waals surface area contributed by atoms with Gasteiger partial charge < -0.3 is 4.74 Å². The van der Waals surface area contributed by atoms with Crippen LogP contribution in [0.15, 0.2) is 79.4 Å². The van der Waals surface area contributed by atoms with Gasteiger partial charge in [-0.1, -0.05) is 78.3 Å². The normalized spacial score (nSPS) is 14.1. The molecule has 0 unspecified atom stereocenters. The third kappa shape index (κ3) is 4.53. The number of ether oxygens (including phenoxy) is 1. The molecule has 0 saturated carbocycles. The largest absolute Gasteiger partial charge is 0.489 e. The highest BCUT2D eigenvalue weighted by Crippen LogP contribution is 2.38. The summed E-state index contributed by atoms with van der Waals surface area (Å²) in [6.45, 7) is 10.8. The highest BCUT2D eigenvalue weighted by Gasteiger charge is 2.20. The summed E-state index contributed by atoms with van der Waals surface area (Å²) in [5.41, 5.74) is 8.88. The van der Waals surface area contributed by atoms with Crippen LogP contribution in [0.4, 0.5) is 0 Å². The van der Waals surface area contributed by atoms with Crippen LogP contribution >= 0.6 is 23.2 Å². The number of benzene rings is 3. The standard InChI is InChI=1S/C27H22Cl2O/c1-17(2)21-6-4-19(5-7-21)16-30-26-8-9-27-18(3)22(13-23(27)14-26)10-20-11-24(28)15-25(29)12-20/h4-12,14-15H,1,3,13,16H2,2H3/b22-10+. The zero-order chi connectivity index (χ0) is 21.3. The molecule has 0 aliphatic heterocycles. The van der Waals surface area contributed by atoms with Crippen LogP contribution in [0.3, 0.4) is 0 Å². The molecule has 1 aliphatic rings. The van der Waals surface area contributed by atoms with Crippen LogP contribution in [0.25, 0.3) is 17.2 Å². The van der Waals surface area contributed by atoms with Crippen molar-refractivity contribution in [2.45, 2.75) is 20.0 Å². The van der Waals surface area contributed by atoms with Gasteiger partial charge in [-0.25, -0.2) is 0 Å². The summed E-state index contributed by atoms with van der Waals surface area (Å²) >= 11 is 12.3. The maximum Gasteiger partial charge on any atom is 0.120 e. The van der Waals surface area contributed by atoms with Crippen molar-refractivity contribution in [3.8, 4) is 5.75 Å². The van der Waals surface area contributed by atoms with Crippen molar-refractivity contribution >= 4 is 40.4 Å². The average molecular weight is 433 g/mol. The smallest absolute Gasteiger partial charge is 0.120 e. The molecule has 3 heteroatoms. The fourth-order valence-corrected chi connectivity index (χ4v) is 4.18. The second-order valence-electron chi connectivity index (χ2n) is 7.61. The van der Waals surface area contributed by atoms with Gasteiger partial charge in [0.15, 0.2) is 0 Å². The molecule has 0 aromatic heterocycles. The molecule has 30 heavy (non-hydrogen) atoms. The van der Waals surface area contributed by atoms with E-state index in [-0.39, 0.29) is 0 Å².